The van der Waals surface area contributed by atoms with Gasteiger partial charge in [-0.25, -0.2) is 0 Å². The molecule has 0 aromatic heterocycles. The van der Waals surface area contributed by atoms with E-state index in [1.807, 2.05) is 0 Å². The van der Waals surface area contributed by atoms with E-state index in [9.17, 15) is 0 Å². The molecule has 0 aliphatic carbocycles. The average Bonchev–Trinajstić information content (AvgIpc) is 2.28. The molecule has 0 unspecified atom stereocenters. The van der Waals surface area contributed by atoms with Crippen LogP contribution in [0.15, 0.2) is 4.99 Å². The van der Waals surface area contributed by atoms with Crippen LogP contribution in [0.2, 0.25) is 0 Å². The molecule has 0 N–H and O–H groups in total. The SMILES string of the molecule is [CH+]1CCC2=NCCCN2CC1. The summed E-state index contributed by atoms with van der Waals surface area (Å²) in [5, 5.41) is 0. The molecule has 2 aliphatic rings. The monoisotopic (exact) mass is 151 g/mol. The van der Waals surface area contributed by atoms with Gasteiger partial charge in [-0.3, -0.25) is 4.99 Å². The summed E-state index contributed by atoms with van der Waals surface area (Å²) in [4.78, 5) is 6.99. The van der Waals surface area contributed by atoms with Gasteiger partial charge in [0.05, 0.1) is 19.4 Å². The molecule has 1 saturated heterocycles. The molecule has 0 atom stereocenters. The van der Waals surface area contributed by atoms with Gasteiger partial charge in [-0.1, -0.05) is 0 Å². The minimum atomic E-state index is 1.06. The van der Waals surface area contributed by atoms with Crippen molar-refractivity contribution in [3.63, 3.8) is 0 Å². The van der Waals surface area contributed by atoms with E-state index in [0.29, 0.717) is 0 Å². The molecule has 2 heterocycles. The van der Waals surface area contributed by atoms with Crippen LogP contribution in [-0.2, 0) is 0 Å². The summed E-state index contributed by atoms with van der Waals surface area (Å²) < 4.78 is 0. The van der Waals surface area contributed by atoms with Crippen molar-refractivity contribution in [3.05, 3.63) is 6.42 Å². The first-order valence-corrected chi connectivity index (χ1v) is 4.57. The highest BCUT2D eigenvalue weighted by atomic mass is 15.2. The van der Waals surface area contributed by atoms with Crippen LogP contribution in [0.1, 0.15) is 25.7 Å². The van der Waals surface area contributed by atoms with E-state index < -0.39 is 0 Å². The van der Waals surface area contributed by atoms with Gasteiger partial charge >= 0.3 is 0 Å². The second-order valence-electron chi connectivity index (χ2n) is 3.25. The summed E-state index contributed by atoms with van der Waals surface area (Å²) in [6.07, 6.45) is 7.30. The summed E-state index contributed by atoms with van der Waals surface area (Å²) in [7, 11) is 0. The molecule has 2 nitrogen and oxygen atoms in total. The van der Waals surface area contributed by atoms with E-state index in [0.717, 1.165) is 6.54 Å². The van der Waals surface area contributed by atoms with Gasteiger partial charge in [0, 0.05) is 19.5 Å². The van der Waals surface area contributed by atoms with Crippen molar-refractivity contribution < 1.29 is 0 Å². The fourth-order valence-corrected chi connectivity index (χ4v) is 1.80. The molecule has 60 valence electrons. The first-order chi connectivity index (χ1) is 5.47. The van der Waals surface area contributed by atoms with Crippen LogP contribution in [0.25, 0.3) is 0 Å². The normalized spacial score (nSPS) is 24.7. The molecule has 0 bridgehead atoms. The first kappa shape index (κ1) is 7.01. The van der Waals surface area contributed by atoms with Crippen LogP contribution in [0.3, 0.4) is 0 Å². The molecular weight excluding hydrogens is 136 g/mol. The molecule has 0 radical (unpaired) electrons. The fourth-order valence-electron chi connectivity index (χ4n) is 1.80. The zero-order valence-electron chi connectivity index (χ0n) is 6.92. The van der Waals surface area contributed by atoms with Crippen molar-refractivity contribution in [3.8, 4) is 0 Å². The molecular formula is C9H15N2+. The number of fused-ring (bicyclic) bond motifs is 1. The van der Waals surface area contributed by atoms with Crippen molar-refractivity contribution >= 4 is 5.84 Å². The Kier molecular flexibility index (Phi) is 2.01. The highest BCUT2D eigenvalue weighted by molar-refractivity contribution is 5.83. The van der Waals surface area contributed by atoms with Crippen molar-refractivity contribution in [1.82, 2.24) is 4.90 Å². The van der Waals surface area contributed by atoms with Crippen LogP contribution >= 0.6 is 0 Å². The summed E-state index contributed by atoms with van der Waals surface area (Å²) in [5.41, 5.74) is 0. The van der Waals surface area contributed by atoms with E-state index in [-0.39, 0.29) is 0 Å². The zero-order chi connectivity index (χ0) is 7.52. The van der Waals surface area contributed by atoms with E-state index >= 15 is 0 Å². The van der Waals surface area contributed by atoms with Crippen LogP contribution in [0.4, 0.5) is 0 Å². The Morgan fingerprint density at radius 3 is 3.27 bits per heavy atom. The molecule has 11 heavy (non-hydrogen) atoms. The van der Waals surface area contributed by atoms with Crippen LogP contribution in [0, 0.1) is 6.42 Å². The second kappa shape index (κ2) is 3.16. The third-order valence-corrected chi connectivity index (χ3v) is 2.42. The molecule has 0 aromatic rings. The Bertz CT molecular complexity index is 163. The summed E-state index contributed by atoms with van der Waals surface area (Å²) in [6.45, 7) is 3.51. The molecule has 0 saturated carbocycles. The molecule has 2 rings (SSSR count). The predicted octanol–water partition coefficient (Wildman–Crippen LogP) is 1.48. The minimum Gasteiger partial charge on any atom is -0.356 e. The minimum absolute atomic E-state index is 1.06. The molecule has 0 aromatic carbocycles. The summed E-state index contributed by atoms with van der Waals surface area (Å²) in [6, 6.07) is 0. The first-order valence-electron chi connectivity index (χ1n) is 4.57. The quantitative estimate of drug-likeness (QED) is 0.479. The lowest BCUT2D eigenvalue weighted by molar-refractivity contribution is 0.397. The number of hydrogen-bond acceptors (Lipinski definition) is 2. The number of rotatable bonds is 0. The largest absolute Gasteiger partial charge is 0.356 e. The van der Waals surface area contributed by atoms with Crippen molar-refractivity contribution in [2.75, 3.05) is 19.6 Å². The number of nitrogens with zero attached hydrogens (tertiary/aromatic N) is 2. The lowest BCUT2D eigenvalue weighted by Gasteiger charge is -2.26. The highest BCUT2D eigenvalue weighted by Crippen LogP contribution is 2.14. The maximum absolute atomic E-state index is 4.53. The lowest BCUT2D eigenvalue weighted by Crippen LogP contribution is -2.34. The van der Waals surface area contributed by atoms with Gasteiger partial charge in [-0.2, -0.15) is 0 Å². The van der Waals surface area contributed by atoms with Gasteiger partial charge in [0.25, 0.3) is 0 Å². The van der Waals surface area contributed by atoms with Crippen molar-refractivity contribution in [2.45, 2.75) is 25.7 Å². The topological polar surface area (TPSA) is 15.6 Å². The standard InChI is InChI=1S/C9H15N2/c1-2-5-9-10-6-4-8-11(9)7-3-1/h1H,2-8H2/q+1. The maximum Gasteiger partial charge on any atom is 0.105 e. The van der Waals surface area contributed by atoms with Gasteiger partial charge < -0.3 is 4.90 Å². The zero-order valence-corrected chi connectivity index (χ0v) is 6.92. The Labute approximate surface area is 68.3 Å². The second-order valence-corrected chi connectivity index (χ2v) is 3.25. The van der Waals surface area contributed by atoms with Crippen molar-refractivity contribution in [2.24, 2.45) is 4.99 Å². The smallest absolute Gasteiger partial charge is 0.105 e. The van der Waals surface area contributed by atoms with Gasteiger partial charge in [0.2, 0.25) is 0 Å². The Hall–Kier alpha value is -0.660. The summed E-state index contributed by atoms with van der Waals surface area (Å²) in [5.74, 6) is 1.37. The average molecular weight is 151 g/mol. The van der Waals surface area contributed by atoms with E-state index in [1.54, 1.807) is 0 Å². The van der Waals surface area contributed by atoms with Crippen molar-refractivity contribution in [1.29, 1.82) is 0 Å². The van der Waals surface area contributed by atoms with Crippen LogP contribution in [0.5, 0.6) is 0 Å². The van der Waals surface area contributed by atoms with E-state index in [2.05, 4.69) is 16.3 Å². The number of hydrogen-bond donors (Lipinski definition) is 0. The molecule has 0 amide bonds. The summed E-state index contributed by atoms with van der Waals surface area (Å²) >= 11 is 0. The van der Waals surface area contributed by atoms with Gasteiger partial charge in [0.1, 0.15) is 12.3 Å². The lowest BCUT2D eigenvalue weighted by atomic mass is 10.2. The van der Waals surface area contributed by atoms with E-state index in [1.165, 1.54) is 44.6 Å². The van der Waals surface area contributed by atoms with Crippen LogP contribution in [-0.4, -0.2) is 30.4 Å². The highest BCUT2D eigenvalue weighted by Gasteiger charge is 2.20. The van der Waals surface area contributed by atoms with Gasteiger partial charge in [-0.05, 0) is 6.42 Å². The van der Waals surface area contributed by atoms with E-state index in [4.69, 9.17) is 0 Å². The Morgan fingerprint density at radius 2 is 2.27 bits per heavy atom. The number of amidine groups is 1. The maximum atomic E-state index is 4.53. The predicted molar refractivity (Wildman–Crippen MR) is 46.6 cm³/mol. The molecule has 2 aliphatic heterocycles. The van der Waals surface area contributed by atoms with Gasteiger partial charge in [0.15, 0.2) is 0 Å². The molecule has 0 spiro atoms. The Balaban J connectivity index is 2.07. The third kappa shape index (κ3) is 1.50. The third-order valence-electron chi connectivity index (χ3n) is 2.42. The van der Waals surface area contributed by atoms with Crippen LogP contribution < -0.4 is 0 Å². The molecule has 2 heteroatoms. The molecule has 1 fully saturated rings. The van der Waals surface area contributed by atoms with Gasteiger partial charge in [-0.15, -0.1) is 0 Å². The number of aliphatic imine (C=N–C) groups is 1. The Morgan fingerprint density at radius 1 is 1.27 bits per heavy atom. The fraction of sp³-hybridized carbons (Fsp3) is 0.778.